The van der Waals surface area contributed by atoms with E-state index in [-0.39, 0.29) is 11.4 Å². The highest BCUT2D eigenvalue weighted by Gasteiger charge is 2.31. The first kappa shape index (κ1) is 15.0. The van der Waals surface area contributed by atoms with E-state index in [0.717, 1.165) is 12.1 Å². The molecule has 0 atom stereocenters. The van der Waals surface area contributed by atoms with Gasteiger partial charge in [-0.15, -0.1) is 0 Å². The largest absolute Gasteiger partial charge is 0.416 e. The Labute approximate surface area is 119 Å². The Kier molecular flexibility index (Phi) is 3.93. The molecule has 0 aliphatic heterocycles. The molecule has 0 saturated heterocycles. The summed E-state index contributed by atoms with van der Waals surface area (Å²) in [4.78, 5) is 19.8. The fraction of sp³-hybridized carbons (Fsp3) is 0.214. The van der Waals surface area contributed by atoms with Gasteiger partial charge in [-0.25, -0.2) is 4.98 Å². The van der Waals surface area contributed by atoms with Crippen molar-refractivity contribution in [2.75, 3.05) is 5.32 Å². The Hall–Kier alpha value is -2.44. The number of aryl methyl sites for hydroxylation is 2. The molecule has 0 bridgehead atoms. The summed E-state index contributed by atoms with van der Waals surface area (Å²) in [5, 5.41) is 2.41. The average molecular weight is 295 g/mol. The van der Waals surface area contributed by atoms with Crippen molar-refractivity contribution in [2.24, 2.45) is 0 Å². The van der Waals surface area contributed by atoms with Crippen LogP contribution in [0.15, 0.2) is 30.6 Å². The van der Waals surface area contributed by atoms with Gasteiger partial charge in [0.1, 0.15) is 0 Å². The van der Waals surface area contributed by atoms with Gasteiger partial charge in [-0.05, 0) is 37.6 Å². The monoisotopic (exact) mass is 295 g/mol. The third-order valence-corrected chi connectivity index (χ3v) is 2.69. The second kappa shape index (κ2) is 5.51. The van der Waals surface area contributed by atoms with Gasteiger partial charge in [0, 0.05) is 5.56 Å². The first-order valence-corrected chi connectivity index (χ1v) is 6.04. The smallest absolute Gasteiger partial charge is 0.305 e. The number of alkyl halides is 3. The molecule has 0 spiro atoms. The number of carbonyl (C=O) groups excluding carboxylic acids is 1. The topological polar surface area (TPSA) is 54.9 Å². The summed E-state index contributed by atoms with van der Waals surface area (Å²) in [6.45, 7) is 3.23. The van der Waals surface area contributed by atoms with E-state index in [2.05, 4.69) is 15.3 Å². The minimum absolute atomic E-state index is 0.0790. The van der Waals surface area contributed by atoms with Crippen molar-refractivity contribution in [3.05, 3.63) is 53.0 Å². The maximum absolute atomic E-state index is 12.7. The second-order valence-electron chi connectivity index (χ2n) is 4.58. The fourth-order valence-electron chi connectivity index (χ4n) is 1.72. The van der Waals surface area contributed by atoms with Crippen LogP contribution in [0.5, 0.6) is 0 Å². The van der Waals surface area contributed by atoms with Gasteiger partial charge in [0.2, 0.25) is 0 Å². The summed E-state index contributed by atoms with van der Waals surface area (Å²) < 4.78 is 38.2. The van der Waals surface area contributed by atoms with Gasteiger partial charge >= 0.3 is 6.18 Å². The average Bonchev–Trinajstić information content (AvgIpc) is 2.39. The predicted molar refractivity (Wildman–Crippen MR) is 70.9 cm³/mol. The molecule has 0 unspecified atom stereocenters. The molecule has 0 aliphatic carbocycles. The minimum atomic E-state index is -4.50. The summed E-state index contributed by atoms with van der Waals surface area (Å²) >= 11 is 0. The molecule has 1 aromatic carbocycles. The maximum Gasteiger partial charge on any atom is 0.416 e. The molecular formula is C14H12F3N3O. The molecule has 1 N–H and O–H groups in total. The normalized spacial score (nSPS) is 11.3. The highest BCUT2D eigenvalue weighted by Crippen LogP contribution is 2.30. The van der Waals surface area contributed by atoms with Crippen LogP contribution in [-0.2, 0) is 6.18 Å². The molecule has 0 aliphatic rings. The molecule has 2 aromatic rings. The van der Waals surface area contributed by atoms with Crippen molar-refractivity contribution in [3.63, 3.8) is 0 Å². The number of nitrogens with one attached hydrogen (secondary N) is 1. The van der Waals surface area contributed by atoms with E-state index in [4.69, 9.17) is 0 Å². The number of carbonyl (C=O) groups is 1. The Morgan fingerprint density at radius 2 is 1.81 bits per heavy atom. The first-order chi connectivity index (χ1) is 9.75. The maximum atomic E-state index is 12.7. The number of hydrogen-bond acceptors (Lipinski definition) is 3. The predicted octanol–water partition coefficient (Wildman–Crippen LogP) is 3.36. The molecule has 1 amide bonds. The molecular weight excluding hydrogens is 283 g/mol. The molecule has 21 heavy (non-hydrogen) atoms. The van der Waals surface area contributed by atoms with Gasteiger partial charge < -0.3 is 5.32 Å². The van der Waals surface area contributed by atoms with Crippen LogP contribution in [0.25, 0.3) is 0 Å². The molecule has 0 saturated carbocycles. The molecule has 110 valence electrons. The lowest BCUT2D eigenvalue weighted by Crippen LogP contribution is -2.15. The molecule has 2 rings (SSSR count). The van der Waals surface area contributed by atoms with Gasteiger partial charge in [-0.3, -0.25) is 9.78 Å². The quantitative estimate of drug-likeness (QED) is 0.924. The number of halogens is 3. The van der Waals surface area contributed by atoms with Crippen molar-refractivity contribution in [1.29, 1.82) is 0 Å². The van der Waals surface area contributed by atoms with Crippen LogP contribution in [-0.4, -0.2) is 15.9 Å². The third kappa shape index (κ3) is 3.77. The van der Waals surface area contributed by atoms with Crippen LogP contribution in [0.1, 0.15) is 27.2 Å². The van der Waals surface area contributed by atoms with E-state index in [1.165, 1.54) is 25.4 Å². The molecule has 1 aromatic heterocycles. The summed E-state index contributed by atoms with van der Waals surface area (Å²) in [6, 6.07) is 3.18. The van der Waals surface area contributed by atoms with Crippen molar-refractivity contribution < 1.29 is 18.0 Å². The van der Waals surface area contributed by atoms with Gasteiger partial charge in [0.05, 0.1) is 23.7 Å². The second-order valence-corrected chi connectivity index (χ2v) is 4.58. The molecule has 1 heterocycles. The Balaban J connectivity index is 2.27. The summed E-state index contributed by atoms with van der Waals surface area (Å²) in [7, 11) is 0. The zero-order valence-electron chi connectivity index (χ0n) is 11.3. The van der Waals surface area contributed by atoms with Crippen LogP contribution in [0.4, 0.5) is 19.0 Å². The third-order valence-electron chi connectivity index (χ3n) is 2.69. The van der Waals surface area contributed by atoms with Gasteiger partial charge in [0.25, 0.3) is 5.91 Å². The lowest BCUT2D eigenvalue weighted by Gasteiger charge is -2.10. The van der Waals surface area contributed by atoms with Crippen molar-refractivity contribution in [3.8, 4) is 0 Å². The van der Waals surface area contributed by atoms with E-state index in [1.807, 2.05) is 0 Å². The standard InChI is InChI=1S/C14H12F3N3O/c1-8-3-10(5-11(4-8)14(15,16)17)13(21)20-12-7-18-9(2)6-19-12/h3-7H,1-2H3,(H,19,20,21). The number of anilines is 1. The van der Waals surface area contributed by atoms with E-state index >= 15 is 0 Å². The van der Waals surface area contributed by atoms with Gasteiger partial charge in [0.15, 0.2) is 5.82 Å². The Morgan fingerprint density at radius 1 is 1.10 bits per heavy atom. The van der Waals surface area contributed by atoms with Crippen LogP contribution in [0.2, 0.25) is 0 Å². The Morgan fingerprint density at radius 3 is 2.38 bits per heavy atom. The van der Waals surface area contributed by atoms with Crippen LogP contribution in [0, 0.1) is 13.8 Å². The summed E-state index contributed by atoms with van der Waals surface area (Å²) in [5.74, 6) is -0.483. The highest BCUT2D eigenvalue weighted by molar-refractivity contribution is 6.03. The lowest BCUT2D eigenvalue weighted by atomic mass is 10.1. The minimum Gasteiger partial charge on any atom is -0.305 e. The number of amides is 1. The summed E-state index contributed by atoms with van der Waals surface area (Å²) in [5.41, 5.74) is 0.0835. The van der Waals surface area contributed by atoms with Crippen molar-refractivity contribution in [1.82, 2.24) is 9.97 Å². The Bertz CT molecular complexity index is 666. The molecule has 7 heteroatoms. The molecule has 0 fully saturated rings. The molecule has 0 radical (unpaired) electrons. The van der Waals surface area contributed by atoms with E-state index in [1.54, 1.807) is 6.92 Å². The van der Waals surface area contributed by atoms with Crippen LogP contribution < -0.4 is 5.32 Å². The number of hydrogen-bond donors (Lipinski definition) is 1. The fourth-order valence-corrected chi connectivity index (χ4v) is 1.72. The SMILES string of the molecule is Cc1cc(C(=O)Nc2cnc(C)cn2)cc(C(F)(F)F)c1. The van der Waals surface area contributed by atoms with E-state index < -0.39 is 17.6 Å². The number of rotatable bonds is 2. The highest BCUT2D eigenvalue weighted by atomic mass is 19.4. The first-order valence-electron chi connectivity index (χ1n) is 6.04. The van der Waals surface area contributed by atoms with Crippen LogP contribution in [0.3, 0.4) is 0 Å². The zero-order chi connectivity index (χ0) is 15.6. The van der Waals surface area contributed by atoms with Crippen molar-refractivity contribution >= 4 is 11.7 Å². The van der Waals surface area contributed by atoms with E-state index in [9.17, 15) is 18.0 Å². The summed E-state index contributed by atoms with van der Waals surface area (Å²) in [6.07, 6.45) is -1.70. The zero-order valence-corrected chi connectivity index (χ0v) is 11.3. The number of aromatic nitrogens is 2. The number of benzene rings is 1. The van der Waals surface area contributed by atoms with E-state index in [0.29, 0.717) is 11.3 Å². The number of nitrogens with zero attached hydrogens (tertiary/aromatic N) is 2. The lowest BCUT2D eigenvalue weighted by molar-refractivity contribution is -0.137. The van der Waals surface area contributed by atoms with Crippen LogP contribution >= 0.6 is 0 Å². The van der Waals surface area contributed by atoms with Gasteiger partial charge in [-0.2, -0.15) is 13.2 Å². The van der Waals surface area contributed by atoms with Crippen molar-refractivity contribution in [2.45, 2.75) is 20.0 Å². The molecule has 4 nitrogen and oxygen atoms in total. The van der Waals surface area contributed by atoms with Gasteiger partial charge in [-0.1, -0.05) is 0 Å².